The van der Waals surface area contributed by atoms with Crippen LogP contribution in [0.1, 0.15) is 17.5 Å². The fourth-order valence-electron chi connectivity index (χ4n) is 3.62. The van der Waals surface area contributed by atoms with Gasteiger partial charge in [0.15, 0.2) is 0 Å². The highest BCUT2D eigenvalue weighted by Gasteiger charge is 2.31. The number of nitrogens with zero attached hydrogens (tertiary/aromatic N) is 2. The van der Waals surface area contributed by atoms with Gasteiger partial charge in [0.1, 0.15) is 0 Å². The van der Waals surface area contributed by atoms with Crippen molar-refractivity contribution in [2.24, 2.45) is 0 Å². The zero-order valence-electron chi connectivity index (χ0n) is 14.7. The smallest absolute Gasteiger partial charge is 0.0446 e. The van der Waals surface area contributed by atoms with Crippen molar-refractivity contribution in [3.8, 4) is 0 Å². The molecule has 1 aromatic rings. The van der Waals surface area contributed by atoms with Crippen LogP contribution in [0.4, 0.5) is 0 Å². The van der Waals surface area contributed by atoms with Gasteiger partial charge in [-0.3, -0.25) is 9.80 Å². The topological polar surface area (TPSA) is 26.7 Å². The maximum absolute atomic E-state index is 9.53. The third-order valence-corrected chi connectivity index (χ3v) is 7.60. The minimum Gasteiger partial charge on any atom is -0.396 e. The Hall–Kier alpha value is -0.200. The van der Waals surface area contributed by atoms with Gasteiger partial charge in [-0.05, 0) is 18.9 Å². The predicted molar refractivity (Wildman–Crippen MR) is 107 cm³/mol. The molecule has 5 heteroatoms. The zero-order valence-corrected chi connectivity index (χ0v) is 16.3. The van der Waals surface area contributed by atoms with E-state index in [1.165, 1.54) is 40.7 Å². The second-order valence-electron chi connectivity index (χ2n) is 6.92. The Bertz CT molecular complexity index is 489. The summed E-state index contributed by atoms with van der Waals surface area (Å²) in [6.45, 7) is 6.83. The van der Waals surface area contributed by atoms with E-state index in [2.05, 4.69) is 64.5 Å². The lowest BCUT2D eigenvalue weighted by molar-refractivity contribution is 0.0407. The number of aryl methyl sites for hydroxylation is 1. The second kappa shape index (κ2) is 9.48. The number of piperazine rings is 1. The van der Waals surface area contributed by atoms with Gasteiger partial charge in [0.05, 0.1) is 0 Å². The quantitative estimate of drug-likeness (QED) is 0.865. The van der Waals surface area contributed by atoms with Gasteiger partial charge in [-0.2, -0.15) is 23.5 Å². The van der Waals surface area contributed by atoms with E-state index in [9.17, 15) is 5.11 Å². The molecule has 3 rings (SSSR count). The zero-order chi connectivity index (χ0) is 16.8. The molecule has 0 radical (unpaired) electrons. The van der Waals surface area contributed by atoms with Gasteiger partial charge in [-0.15, -0.1) is 0 Å². The molecule has 1 atom stereocenters. The summed E-state index contributed by atoms with van der Waals surface area (Å²) in [5, 5.41) is 9.53. The van der Waals surface area contributed by atoms with Gasteiger partial charge in [0.2, 0.25) is 0 Å². The van der Waals surface area contributed by atoms with Crippen LogP contribution in [0, 0.1) is 6.92 Å². The van der Waals surface area contributed by atoms with Crippen molar-refractivity contribution in [1.29, 1.82) is 0 Å². The standard InChI is InChI=1S/C19H30N2OS2/c1-16-2-4-17(5-3-16)12-20-7-8-21(13-18(20)6-9-22)19-14-23-10-11-24-15-19/h2-5,18-19,22H,6-15H2,1H3/t18-/m0/s1. The van der Waals surface area contributed by atoms with Crippen molar-refractivity contribution in [2.75, 3.05) is 49.3 Å². The van der Waals surface area contributed by atoms with Gasteiger partial charge in [-0.1, -0.05) is 29.8 Å². The monoisotopic (exact) mass is 366 g/mol. The first-order chi connectivity index (χ1) is 11.8. The molecule has 0 unspecified atom stereocenters. The summed E-state index contributed by atoms with van der Waals surface area (Å²) in [6.07, 6.45) is 0.884. The maximum Gasteiger partial charge on any atom is 0.0446 e. The van der Waals surface area contributed by atoms with Crippen molar-refractivity contribution < 1.29 is 5.11 Å². The lowest BCUT2D eigenvalue weighted by Gasteiger charge is -2.44. The molecule has 2 aliphatic rings. The van der Waals surface area contributed by atoms with Crippen molar-refractivity contribution in [3.05, 3.63) is 35.4 Å². The molecule has 134 valence electrons. The first-order valence-corrected chi connectivity index (χ1v) is 11.4. The van der Waals surface area contributed by atoms with Crippen LogP contribution in [-0.4, -0.2) is 76.2 Å². The van der Waals surface area contributed by atoms with Gasteiger partial charge in [0, 0.05) is 67.9 Å². The highest BCUT2D eigenvalue weighted by atomic mass is 32.2. The number of benzene rings is 1. The van der Waals surface area contributed by atoms with Crippen LogP contribution in [0.3, 0.4) is 0 Å². The van der Waals surface area contributed by atoms with Crippen LogP contribution in [0.5, 0.6) is 0 Å². The molecule has 2 saturated heterocycles. The van der Waals surface area contributed by atoms with E-state index in [0.29, 0.717) is 12.1 Å². The van der Waals surface area contributed by atoms with Crippen LogP contribution in [0.15, 0.2) is 24.3 Å². The Balaban J connectivity index is 1.61. The van der Waals surface area contributed by atoms with E-state index >= 15 is 0 Å². The van der Waals surface area contributed by atoms with Crippen molar-refractivity contribution in [3.63, 3.8) is 0 Å². The molecule has 0 bridgehead atoms. The van der Waals surface area contributed by atoms with Crippen LogP contribution in [0.2, 0.25) is 0 Å². The van der Waals surface area contributed by atoms with Crippen LogP contribution >= 0.6 is 23.5 Å². The normalized spacial score (nSPS) is 24.8. The Morgan fingerprint density at radius 1 is 1.08 bits per heavy atom. The van der Waals surface area contributed by atoms with E-state index in [1.54, 1.807) is 0 Å². The minimum atomic E-state index is 0.289. The Kier molecular flexibility index (Phi) is 7.35. The molecule has 0 aromatic heterocycles. The molecule has 0 saturated carbocycles. The third-order valence-electron chi connectivity index (χ3n) is 5.11. The number of aliphatic hydroxyl groups excluding tert-OH is 1. The number of aliphatic hydroxyl groups is 1. The lowest BCUT2D eigenvalue weighted by atomic mass is 10.1. The van der Waals surface area contributed by atoms with E-state index in [-0.39, 0.29) is 6.61 Å². The summed E-state index contributed by atoms with van der Waals surface area (Å²) in [6, 6.07) is 10.1. The average molecular weight is 367 g/mol. The number of hydrogen-bond donors (Lipinski definition) is 1. The van der Waals surface area contributed by atoms with Gasteiger partial charge in [0.25, 0.3) is 0 Å². The number of rotatable bonds is 5. The average Bonchev–Trinajstić information content (AvgIpc) is 2.88. The van der Waals surface area contributed by atoms with Crippen LogP contribution in [-0.2, 0) is 6.54 Å². The Morgan fingerprint density at radius 3 is 2.46 bits per heavy atom. The largest absolute Gasteiger partial charge is 0.396 e. The van der Waals surface area contributed by atoms with E-state index in [0.717, 1.165) is 26.1 Å². The van der Waals surface area contributed by atoms with Gasteiger partial charge < -0.3 is 5.11 Å². The summed E-state index contributed by atoms with van der Waals surface area (Å²) < 4.78 is 0. The highest BCUT2D eigenvalue weighted by molar-refractivity contribution is 8.03. The van der Waals surface area contributed by atoms with Gasteiger partial charge >= 0.3 is 0 Å². The molecule has 2 fully saturated rings. The molecule has 0 amide bonds. The molecule has 1 aromatic carbocycles. The molecule has 3 nitrogen and oxygen atoms in total. The highest BCUT2D eigenvalue weighted by Crippen LogP contribution is 2.24. The molecule has 0 aliphatic carbocycles. The van der Waals surface area contributed by atoms with E-state index in [1.807, 2.05) is 0 Å². The molecule has 2 aliphatic heterocycles. The molecule has 0 spiro atoms. The third kappa shape index (κ3) is 5.15. The Morgan fingerprint density at radius 2 is 1.79 bits per heavy atom. The fourth-order valence-corrected chi connectivity index (χ4v) is 6.25. The summed E-state index contributed by atoms with van der Waals surface area (Å²) >= 11 is 4.22. The SMILES string of the molecule is Cc1ccc(CN2CCN(C3CSCCSC3)C[C@@H]2CCO)cc1. The fraction of sp³-hybridized carbons (Fsp3) is 0.684. The summed E-state index contributed by atoms with van der Waals surface area (Å²) in [4.78, 5) is 5.27. The summed E-state index contributed by atoms with van der Waals surface area (Å²) in [7, 11) is 0. The first kappa shape index (κ1) is 18.6. The van der Waals surface area contributed by atoms with E-state index in [4.69, 9.17) is 0 Å². The molecule has 2 heterocycles. The molecule has 1 N–H and O–H groups in total. The minimum absolute atomic E-state index is 0.289. The number of hydrogen-bond acceptors (Lipinski definition) is 5. The molecule has 24 heavy (non-hydrogen) atoms. The summed E-state index contributed by atoms with van der Waals surface area (Å²) in [5.74, 6) is 5.15. The maximum atomic E-state index is 9.53. The first-order valence-electron chi connectivity index (χ1n) is 9.06. The second-order valence-corrected chi connectivity index (χ2v) is 9.22. The van der Waals surface area contributed by atoms with E-state index < -0.39 is 0 Å². The van der Waals surface area contributed by atoms with Crippen molar-refractivity contribution >= 4 is 23.5 Å². The summed E-state index contributed by atoms with van der Waals surface area (Å²) in [5.41, 5.74) is 2.71. The lowest BCUT2D eigenvalue weighted by Crippen LogP contribution is -2.56. The van der Waals surface area contributed by atoms with Crippen LogP contribution in [0.25, 0.3) is 0 Å². The van der Waals surface area contributed by atoms with Gasteiger partial charge in [-0.25, -0.2) is 0 Å². The molecular formula is C19H30N2OS2. The molecular weight excluding hydrogens is 336 g/mol. The number of thioether (sulfide) groups is 2. The van der Waals surface area contributed by atoms with Crippen molar-refractivity contribution in [1.82, 2.24) is 9.80 Å². The Labute approximate surface area is 155 Å². The predicted octanol–water partition coefficient (Wildman–Crippen LogP) is 2.71. The van der Waals surface area contributed by atoms with Crippen molar-refractivity contribution in [2.45, 2.75) is 32.0 Å². The van der Waals surface area contributed by atoms with Crippen LogP contribution < -0.4 is 0 Å².